The summed E-state index contributed by atoms with van der Waals surface area (Å²) < 4.78 is 11.6. The second-order valence-corrected chi connectivity index (χ2v) is 11.9. The average molecular weight is 593 g/mol. The van der Waals surface area contributed by atoms with Crippen LogP contribution in [-0.4, -0.2) is 52.9 Å². The van der Waals surface area contributed by atoms with Gasteiger partial charge in [-0.05, 0) is 67.8 Å². The molecule has 0 aliphatic carbocycles. The van der Waals surface area contributed by atoms with Crippen molar-refractivity contribution in [1.82, 2.24) is 14.8 Å². The van der Waals surface area contributed by atoms with Gasteiger partial charge in [-0.25, -0.2) is 0 Å². The van der Waals surface area contributed by atoms with Gasteiger partial charge in [-0.2, -0.15) is 0 Å². The standard InChI is InChI=1S/C32H31Cl2N3O4/c1-18(2)41-26-12-10-20(14-27(26)40-4)22-16-37-28(38)17-36(15-19-9-11-23(33)24(34)13-19)31(39)32(37,3)30-29(22)21-7-5-6-8-25(21)35-30/h5-14,18,22,35H,15-17H2,1-4H3. The number of nitrogens with one attached hydrogen (secondary N) is 1. The van der Waals surface area contributed by atoms with Crippen molar-refractivity contribution in [3.05, 3.63) is 93.1 Å². The molecule has 212 valence electrons. The van der Waals surface area contributed by atoms with E-state index in [4.69, 9.17) is 32.7 Å². The number of carbonyl (C=O) groups excluding carboxylic acids is 2. The molecule has 3 aromatic carbocycles. The van der Waals surface area contributed by atoms with Crippen LogP contribution in [0.5, 0.6) is 11.5 Å². The first-order chi connectivity index (χ1) is 19.6. The first-order valence-electron chi connectivity index (χ1n) is 13.6. The normalized spacial score (nSPS) is 20.4. The van der Waals surface area contributed by atoms with E-state index in [0.717, 1.165) is 33.3 Å². The molecule has 6 rings (SSSR count). The Bertz CT molecular complexity index is 1680. The third-order valence-electron chi connectivity index (χ3n) is 8.13. The summed E-state index contributed by atoms with van der Waals surface area (Å²) in [7, 11) is 1.62. The molecule has 0 spiro atoms. The summed E-state index contributed by atoms with van der Waals surface area (Å²) in [4.78, 5) is 35.0. The molecule has 0 bridgehead atoms. The number of ether oxygens (including phenoxy) is 2. The molecule has 4 aromatic rings. The summed E-state index contributed by atoms with van der Waals surface area (Å²) in [5.41, 5.74) is 3.23. The molecule has 3 heterocycles. The van der Waals surface area contributed by atoms with Crippen molar-refractivity contribution in [2.75, 3.05) is 20.2 Å². The third-order valence-corrected chi connectivity index (χ3v) is 8.87. The molecule has 2 unspecified atom stereocenters. The lowest BCUT2D eigenvalue weighted by molar-refractivity contribution is -0.166. The summed E-state index contributed by atoms with van der Waals surface area (Å²) in [6, 6.07) is 19.2. The molecule has 9 heteroatoms. The Morgan fingerprint density at radius 2 is 1.80 bits per heavy atom. The summed E-state index contributed by atoms with van der Waals surface area (Å²) >= 11 is 12.3. The molecule has 2 atom stereocenters. The van der Waals surface area contributed by atoms with Gasteiger partial charge in [0.1, 0.15) is 6.54 Å². The van der Waals surface area contributed by atoms with Crippen LogP contribution >= 0.6 is 23.2 Å². The van der Waals surface area contributed by atoms with Crippen molar-refractivity contribution in [2.24, 2.45) is 0 Å². The van der Waals surface area contributed by atoms with E-state index in [2.05, 4.69) is 11.1 Å². The number of carbonyl (C=O) groups is 2. The average Bonchev–Trinajstić information content (AvgIpc) is 3.34. The van der Waals surface area contributed by atoms with Crippen LogP contribution in [0.3, 0.4) is 0 Å². The monoisotopic (exact) mass is 591 g/mol. The number of piperazine rings is 1. The predicted octanol–water partition coefficient (Wildman–Crippen LogP) is 6.50. The Balaban J connectivity index is 1.46. The second-order valence-electron chi connectivity index (χ2n) is 11.1. The minimum Gasteiger partial charge on any atom is -0.493 e. The number of nitrogens with zero attached hydrogens (tertiary/aromatic N) is 2. The van der Waals surface area contributed by atoms with Crippen LogP contribution in [-0.2, 0) is 21.7 Å². The Morgan fingerprint density at radius 1 is 1.02 bits per heavy atom. The highest BCUT2D eigenvalue weighted by atomic mass is 35.5. The Morgan fingerprint density at radius 3 is 2.54 bits per heavy atom. The van der Waals surface area contributed by atoms with Gasteiger partial charge in [0.05, 0.1) is 29.0 Å². The van der Waals surface area contributed by atoms with Gasteiger partial charge in [-0.3, -0.25) is 9.59 Å². The lowest BCUT2D eigenvalue weighted by Crippen LogP contribution is -2.67. The van der Waals surface area contributed by atoms with Gasteiger partial charge in [0, 0.05) is 29.9 Å². The minimum absolute atomic E-state index is 0.00538. The van der Waals surface area contributed by atoms with E-state index in [1.807, 2.05) is 63.2 Å². The quantitative estimate of drug-likeness (QED) is 0.277. The number of aromatic amines is 1. The van der Waals surface area contributed by atoms with Crippen LogP contribution < -0.4 is 9.47 Å². The molecule has 1 N–H and O–H groups in total. The lowest BCUT2D eigenvalue weighted by atomic mass is 9.76. The van der Waals surface area contributed by atoms with Crippen molar-refractivity contribution in [3.8, 4) is 11.5 Å². The van der Waals surface area contributed by atoms with Gasteiger partial charge < -0.3 is 24.3 Å². The molecule has 7 nitrogen and oxygen atoms in total. The Labute approximate surface area is 248 Å². The molecule has 0 saturated carbocycles. The number of hydrogen-bond acceptors (Lipinski definition) is 4. The topological polar surface area (TPSA) is 74.9 Å². The summed E-state index contributed by atoms with van der Waals surface area (Å²) in [6.45, 7) is 6.36. The van der Waals surface area contributed by atoms with Crippen molar-refractivity contribution in [3.63, 3.8) is 0 Å². The molecule has 2 amide bonds. The Hall–Kier alpha value is -3.68. The smallest absolute Gasteiger partial charge is 0.255 e. The van der Waals surface area contributed by atoms with E-state index in [0.29, 0.717) is 28.1 Å². The first kappa shape index (κ1) is 27.5. The SMILES string of the molecule is COc1cc(C2CN3C(=O)CN(Cc4ccc(Cl)c(Cl)c4)C(=O)C3(C)c3[nH]c4ccccc4c32)ccc1OC(C)C. The predicted molar refractivity (Wildman–Crippen MR) is 160 cm³/mol. The van der Waals surface area contributed by atoms with Gasteiger partial charge in [0.2, 0.25) is 5.91 Å². The van der Waals surface area contributed by atoms with Crippen molar-refractivity contribution < 1.29 is 19.1 Å². The maximum atomic E-state index is 14.3. The number of H-pyrrole nitrogens is 1. The molecule has 0 radical (unpaired) electrons. The number of hydrogen-bond donors (Lipinski definition) is 1. The number of amides is 2. The summed E-state index contributed by atoms with van der Waals surface area (Å²) in [6.07, 6.45) is -0.00538. The van der Waals surface area contributed by atoms with Gasteiger partial charge in [0.25, 0.3) is 5.91 Å². The van der Waals surface area contributed by atoms with E-state index in [1.165, 1.54) is 0 Å². The summed E-state index contributed by atoms with van der Waals surface area (Å²) in [5.74, 6) is 0.837. The van der Waals surface area contributed by atoms with Gasteiger partial charge in [0.15, 0.2) is 17.0 Å². The fourth-order valence-corrected chi connectivity index (χ4v) is 6.53. The highest BCUT2D eigenvalue weighted by molar-refractivity contribution is 6.42. The Kier molecular flexibility index (Phi) is 6.91. The molecular formula is C32H31Cl2N3O4. The molecule has 2 aliphatic rings. The second kappa shape index (κ2) is 10.3. The van der Waals surface area contributed by atoms with Gasteiger partial charge in [-0.1, -0.05) is 53.5 Å². The maximum Gasteiger partial charge on any atom is 0.255 e. The molecular weight excluding hydrogens is 561 g/mol. The molecule has 41 heavy (non-hydrogen) atoms. The fraction of sp³-hybridized carbons (Fsp3) is 0.312. The zero-order valence-corrected chi connectivity index (χ0v) is 24.8. The van der Waals surface area contributed by atoms with Crippen LogP contribution in [0.2, 0.25) is 10.0 Å². The number of methoxy groups -OCH3 is 1. The van der Waals surface area contributed by atoms with Crippen LogP contribution in [0.4, 0.5) is 0 Å². The number of rotatable bonds is 6. The molecule has 1 saturated heterocycles. The first-order valence-corrected chi connectivity index (χ1v) is 14.4. The van der Waals surface area contributed by atoms with Crippen LogP contribution in [0, 0.1) is 0 Å². The summed E-state index contributed by atoms with van der Waals surface area (Å²) in [5, 5.41) is 1.87. The van der Waals surface area contributed by atoms with Crippen LogP contribution in [0.25, 0.3) is 10.9 Å². The highest BCUT2D eigenvalue weighted by Crippen LogP contribution is 2.49. The van der Waals surface area contributed by atoms with Crippen molar-refractivity contribution >= 4 is 45.9 Å². The number of aromatic nitrogens is 1. The van der Waals surface area contributed by atoms with Gasteiger partial charge >= 0.3 is 0 Å². The zero-order chi connectivity index (χ0) is 29.1. The molecule has 1 fully saturated rings. The van der Waals surface area contributed by atoms with Gasteiger partial charge in [-0.15, -0.1) is 0 Å². The third kappa shape index (κ3) is 4.52. The fourth-order valence-electron chi connectivity index (χ4n) is 6.21. The molecule has 1 aromatic heterocycles. The van der Waals surface area contributed by atoms with E-state index in [9.17, 15) is 9.59 Å². The van der Waals surface area contributed by atoms with Crippen molar-refractivity contribution in [1.29, 1.82) is 0 Å². The lowest BCUT2D eigenvalue weighted by Gasteiger charge is -2.51. The van der Waals surface area contributed by atoms with E-state index in [1.54, 1.807) is 29.0 Å². The van der Waals surface area contributed by atoms with Crippen LogP contribution in [0.15, 0.2) is 60.7 Å². The van der Waals surface area contributed by atoms with Crippen molar-refractivity contribution in [2.45, 2.75) is 44.9 Å². The van der Waals surface area contributed by atoms with Crippen LogP contribution in [0.1, 0.15) is 49.1 Å². The number of para-hydroxylation sites is 1. The number of halogens is 2. The molecule has 2 aliphatic heterocycles. The maximum absolute atomic E-state index is 14.3. The number of fused-ring (bicyclic) bond motifs is 5. The number of benzene rings is 3. The minimum atomic E-state index is -1.21. The van der Waals surface area contributed by atoms with E-state index >= 15 is 0 Å². The highest BCUT2D eigenvalue weighted by Gasteiger charge is 2.56. The zero-order valence-electron chi connectivity index (χ0n) is 23.3. The largest absolute Gasteiger partial charge is 0.493 e. The van der Waals surface area contributed by atoms with E-state index in [-0.39, 0.29) is 36.9 Å². The van der Waals surface area contributed by atoms with E-state index < -0.39 is 5.54 Å².